The van der Waals surface area contributed by atoms with Gasteiger partial charge >= 0.3 is 0 Å². The molecule has 128 valence electrons. The van der Waals surface area contributed by atoms with Crippen molar-refractivity contribution in [2.75, 3.05) is 5.32 Å². The summed E-state index contributed by atoms with van der Waals surface area (Å²) in [5, 5.41) is 2.97. The first-order valence-corrected chi connectivity index (χ1v) is 8.65. The van der Waals surface area contributed by atoms with Crippen molar-refractivity contribution in [2.45, 2.75) is 31.7 Å². The molecule has 1 aromatic carbocycles. The van der Waals surface area contributed by atoms with Crippen LogP contribution in [-0.2, 0) is 4.79 Å². The van der Waals surface area contributed by atoms with E-state index in [1.54, 1.807) is 6.20 Å². The maximum atomic E-state index is 12.3. The van der Waals surface area contributed by atoms with Gasteiger partial charge in [-0.05, 0) is 49.1 Å². The fourth-order valence-corrected chi connectivity index (χ4v) is 3.48. The Bertz CT molecular complexity index is 889. The lowest BCUT2D eigenvalue weighted by atomic mass is 10.00. The molecule has 0 spiro atoms. The lowest BCUT2D eigenvalue weighted by Crippen LogP contribution is -2.28. The first kappa shape index (κ1) is 15.8. The summed E-state index contributed by atoms with van der Waals surface area (Å²) in [5.74, 6) is 1.04. The number of rotatable bonds is 4. The quantitative estimate of drug-likeness (QED) is 0.682. The van der Waals surface area contributed by atoms with Crippen LogP contribution in [0.3, 0.4) is 0 Å². The Kier molecular flexibility index (Phi) is 4.19. The number of nitrogens with two attached hydrogens (primary N) is 1. The van der Waals surface area contributed by atoms with Crippen LogP contribution in [0.25, 0.3) is 22.6 Å². The molecule has 0 unspecified atom stereocenters. The van der Waals surface area contributed by atoms with E-state index in [9.17, 15) is 4.79 Å². The average molecular weight is 335 g/mol. The Balaban J connectivity index is 1.50. The SMILES string of the molecule is N[C@@H]1CCC[C@H]1CC(=O)Nc1ccc2nc(-c3ccccn3)[nH]c2c1. The number of amides is 1. The van der Waals surface area contributed by atoms with Gasteiger partial charge in [-0.1, -0.05) is 12.5 Å². The zero-order valence-corrected chi connectivity index (χ0v) is 13.9. The van der Waals surface area contributed by atoms with Gasteiger partial charge in [0.15, 0.2) is 5.82 Å². The van der Waals surface area contributed by atoms with E-state index in [4.69, 9.17) is 5.73 Å². The van der Waals surface area contributed by atoms with Crippen LogP contribution in [-0.4, -0.2) is 26.9 Å². The van der Waals surface area contributed by atoms with E-state index in [0.717, 1.165) is 47.5 Å². The molecular weight excluding hydrogens is 314 g/mol. The molecule has 1 fully saturated rings. The van der Waals surface area contributed by atoms with Crippen molar-refractivity contribution in [3.63, 3.8) is 0 Å². The third kappa shape index (κ3) is 3.39. The van der Waals surface area contributed by atoms with Crippen molar-refractivity contribution in [2.24, 2.45) is 11.7 Å². The highest BCUT2D eigenvalue weighted by atomic mass is 16.1. The van der Waals surface area contributed by atoms with Crippen LogP contribution >= 0.6 is 0 Å². The lowest BCUT2D eigenvalue weighted by molar-refractivity contribution is -0.117. The number of hydrogen-bond donors (Lipinski definition) is 3. The third-order valence-corrected chi connectivity index (χ3v) is 4.84. The van der Waals surface area contributed by atoms with Crippen LogP contribution in [0.4, 0.5) is 5.69 Å². The molecule has 1 amide bonds. The van der Waals surface area contributed by atoms with E-state index in [2.05, 4.69) is 20.3 Å². The number of anilines is 1. The first-order chi connectivity index (χ1) is 12.2. The highest BCUT2D eigenvalue weighted by molar-refractivity contribution is 5.93. The molecular formula is C19H21N5O. The molecule has 6 heteroatoms. The molecule has 2 atom stereocenters. The highest BCUT2D eigenvalue weighted by Gasteiger charge is 2.26. The molecule has 0 bridgehead atoms. The molecule has 2 heterocycles. The second kappa shape index (κ2) is 6.64. The van der Waals surface area contributed by atoms with Crippen molar-refractivity contribution in [1.82, 2.24) is 15.0 Å². The van der Waals surface area contributed by atoms with Crippen molar-refractivity contribution >= 4 is 22.6 Å². The molecule has 1 aliphatic carbocycles. The van der Waals surface area contributed by atoms with Crippen LogP contribution in [0.5, 0.6) is 0 Å². The Morgan fingerprint density at radius 2 is 2.20 bits per heavy atom. The van der Waals surface area contributed by atoms with Crippen molar-refractivity contribution in [1.29, 1.82) is 0 Å². The maximum absolute atomic E-state index is 12.3. The zero-order valence-electron chi connectivity index (χ0n) is 13.9. The van der Waals surface area contributed by atoms with E-state index in [0.29, 0.717) is 12.3 Å². The van der Waals surface area contributed by atoms with Gasteiger partial charge < -0.3 is 16.0 Å². The highest BCUT2D eigenvalue weighted by Crippen LogP contribution is 2.27. The van der Waals surface area contributed by atoms with Crippen LogP contribution in [0.15, 0.2) is 42.6 Å². The summed E-state index contributed by atoms with van der Waals surface area (Å²) in [5.41, 5.74) is 9.32. The van der Waals surface area contributed by atoms with Gasteiger partial charge in [0.25, 0.3) is 0 Å². The Hall–Kier alpha value is -2.73. The Morgan fingerprint density at radius 1 is 1.28 bits per heavy atom. The zero-order chi connectivity index (χ0) is 17.2. The van der Waals surface area contributed by atoms with Crippen molar-refractivity contribution < 1.29 is 4.79 Å². The number of aromatic nitrogens is 3. The van der Waals surface area contributed by atoms with Crippen molar-refractivity contribution in [3.05, 3.63) is 42.6 Å². The number of nitrogens with zero attached hydrogens (tertiary/aromatic N) is 2. The molecule has 4 rings (SSSR count). The number of benzene rings is 1. The van der Waals surface area contributed by atoms with Crippen LogP contribution in [0.2, 0.25) is 0 Å². The van der Waals surface area contributed by atoms with E-state index in [-0.39, 0.29) is 11.9 Å². The second-order valence-electron chi connectivity index (χ2n) is 6.64. The number of imidazole rings is 1. The topological polar surface area (TPSA) is 96.7 Å². The summed E-state index contributed by atoms with van der Waals surface area (Å²) in [6.07, 6.45) is 5.41. The Labute approximate surface area is 145 Å². The standard InChI is InChI=1S/C19H21N5O/c20-14-5-3-4-12(14)10-18(25)22-13-7-8-15-17(11-13)24-19(23-15)16-6-1-2-9-21-16/h1-2,6-9,11-12,14H,3-5,10,20H2,(H,22,25)(H,23,24)/t12-,14+/m0/s1. The van der Waals surface area contributed by atoms with Crippen LogP contribution < -0.4 is 11.1 Å². The normalized spacial score (nSPS) is 20.0. The number of pyridine rings is 1. The van der Waals surface area contributed by atoms with Gasteiger partial charge in [-0.2, -0.15) is 0 Å². The van der Waals surface area contributed by atoms with Crippen molar-refractivity contribution in [3.8, 4) is 11.5 Å². The lowest BCUT2D eigenvalue weighted by Gasteiger charge is -2.14. The number of fused-ring (bicyclic) bond motifs is 1. The van der Waals surface area contributed by atoms with Gasteiger partial charge in [0.05, 0.1) is 11.0 Å². The molecule has 1 aliphatic rings. The van der Waals surface area contributed by atoms with Gasteiger partial charge in [-0.3, -0.25) is 9.78 Å². The molecule has 1 saturated carbocycles. The van der Waals surface area contributed by atoms with E-state index < -0.39 is 0 Å². The number of H-pyrrole nitrogens is 1. The first-order valence-electron chi connectivity index (χ1n) is 8.65. The summed E-state index contributed by atoms with van der Waals surface area (Å²) in [6, 6.07) is 11.5. The largest absolute Gasteiger partial charge is 0.337 e. The summed E-state index contributed by atoms with van der Waals surface area (Å²) in [6.45, 7) is 0. The third-order valence-electron chi connectivity index (χ3n) is 4.84. The minimum Gasteiger partial charge on any atom is -0.337 e. The van der Waals surface area contributed by atoms with Gasteiger partial charge in [0.1, 0.15) is 5.69 Å². The van der Waals surface area contributed by atoms with Gasteiger partial charge in [0, 0.05) is 24.3 Å². The van der Waals surface area contributed by atoms with Gasteiger partial charge in [0.2, 0.25) is 5.91 Å². The molecule has 3 aromatic rings. The van der Waals surface area contributed by atoms with Gasteiger partial charge in [-0.25, -0.2) is 4.98 Å². The smallest absolute Gasteiger partial charge is 0.224 e. The second-order valence-corrected chi connectivity index (χ2v) is 6.64. The molecule has 2 aromatic heterocycles. The maximum Gasteiger partial charge on any atom is 0.224 e. The van der Waals surface area contributed by atoms with Crippen LogP contribution in [0.1, 0.15) is 25.7 Å². The number of aromatic amines is 1. The molecule has 25 heavy (non-hydrogen) atoms. The summed E-state index contributed by atoms with van der Waals surface area (Å²) in [4.78, 5) is 24.4. The summed E-state index contributed by atoms with van der Waals surface area (Å²) >= 11 is 0. The number of carbonyl (C=O) groups is 1. The fourth-order valence-electron chi connectivity index (χ4n) is 3.48. The fraction of sp³-hybridized carbons (Fsp3) is 0.316. The number of carbonyl (C=O) groups excluding carboxylic acids is 1. The summed E-state index contributed by atoms with van der Waals surface area (Å²) < 4.78 is 0. The molecule has 0 aliphatic heterocycles. The summed E-state index contributed by atoms with van der Waals surface area (Å²) in [7, 11) is 0. The molecule has 6 nitrogen and oxygen atoms in total. The van der Waals surface area contributed by atoms with E-state index in [1.165, 1.54) is 0 Å². The number of nitrogens with one attached hydrogen (secondary N) is 2. The Morgan fingerprint density at radius 3 is 2.96 bits per heavy atom. The average Bonchev–Trinajstić information content (AvgIpc) is 3.22. The molecule has 4 N–H and O–H groups in total. The minimum atomic E-state index is 0.0196. The monoisotopic (exact) mass is 335 g/mol. The number of hydrogen-bond acceptors (Lipinski definition) is 4. The predicted octanol–water partition coefficient (Wildman–Crippen LogP) is 3.08. The van der Waals surface area contributed by atoms with E-state index >= 15 is 0 Å². The van der Waals surface area contributed by atoms with Gasteiger partial charge in [-0.15, -0.1) is 0 Å². The molecule has 0 saturated heterocycles. The minimum absolute atomic E-state index is 0.0196. The molecule has 0 radical (unpaired) electrons. The predicted molar refractivity (Wildman–Crippen MR) is 97.9 cm³/mol. The van der Waals surface area contributed by atoms with E-state index in [1.807, 2.05) is 36.4 Å². The van der Waals surface area contributed by atoms with Crippen LogP contribution in [0, 0.1) is 5.92 Å².